The third-order valence-corrected chi connectivity index (χ3v) is 6.73. The van der Waals surface area contributed by atoms with Gasteiger partial charge in [0, 0.05) is 23.9 Å². The fourth-order valence-corrected chi connectivity index (χ4v) is 5.49. The lowest BCUT2D eigenvalue weighted by atomic mass is 9.95. The van der Waals surface area contributed by atoms with Gasteiger partial charge in [-0.2, -0.15) is 0 Å². The summed E-state index contributed by atoms with van der Waals surface area (Å²) in [4.78, 5) is 28.9. The zero-order valence-corrected chi connectivity index (χ0v) is 16.1. The van der Waals surface area contributed by atoms with E-state index in [0.717, 1.165) is 10.00 Å². The first-order valence-corrected chi connectivity index (χ1v) is 10.6. The van der Waals surface area contributed by atoms with E-state index in [1.54, 1.807) is 31.5 Å². The number of aromatic nitrogens is 1. The van der Waals surface area contributed by atoms with E-state index in [4.69, 9.17) is 0 Å². The summed E-state index contributed by atoms with van der Waals surface area (Å²) in [5.74, 6) is -1.06. The molecular weight excluding hydrogens is 374 g/mol. The Kier molecular flexibility index (Phi) is 4.85. The number of benzene rings is 1. The van der Waals surface area contributed by atoms with E-state index in [1.165, 1.54) is 23.5 Å². The van der Waals surface area contributed by atoms with Crippen LogP contribution in [0.5, 0.6) is 0 Å². The van der Waals surface area contributed by atoms with Gasteiger partial charge in [0.2, 0.25) is 15.9 Å². The van der Waals surface area contributed by atoms with Crippen LogP contribution in [0.25, 0.3) is 0 Å². The van der Waals surface area contributed by atoms with E-state index in [0.29, 0.717) is 18.5 Å². The molecule has 2 amide bonds. The molecule has 0 saturated carbocycles. The van der Waals surface area contributed by atoms with Gasteiger partial charge < -0.3 is 5.32 Å². The second kappa shape index (κ2) is 6.81. The number of amides is 2. The second-order valence-corrected chi connectivity index (χ2v) is 9.28. The molecule has 0 spiro atoms. The number of nitrogens with zero attached hydrogens (tertiary/aromatic N) is 2. The molecule has 0 atom stereocenters. The van der Waals surface area contributed by atoms with E-state index in [-0.39, 0.29) is 17.3 Å². The number of thiazole rings is 1. The number of sulfonamides is 1. The topological polar surface area (TPSA) is 96.4 Å². The summed E-state index contributed by atoms with van der Waals surface area (Å²) in [6.45, 7) is 3.62. The van der Waals surface area contributed by atoms with Gasteiger partial charge in [-0.1, -0.05) is 6.07 Å². The van der Waals surface area contributed by atoms with Crippen molar-refractivity contribution in [2.45, 2.75) is 20.3 Å². The fraction of sp³-hybridized carbons (Fsp3) is 0.353. The van der Waals surface area contributed by atoms with Gasteiger partial charge in [0.15, 0.2) is 0 Å². The van der Waals surface area contributed by atoms with Crippen LogP contribution in [0, 0.1) is 5.41 Å². The average molecular weight is 393 g/mol. The maximum absolute atomic E-state index is 12.5. The van der Waals surface area contributed by atoms with Crippen molar-refractivity contribution < 1.29 is 18.0 Å². The van der Waals surface area contributed by atoms with Gasteiger partial charge in [-0.3, -0.25) is 9.59 Å². The van der Waals surface area contributed by atoms with Crippen molar-refractivity contribution >= 4 is 38.9 Å². The van der Waals surface area contributed by atoms with Crippen LogP contribution in [-0.2, 0) is 21.2 Å². The maximum atomic E-state index is 12.5. The maximum Gasteiger partial charge on any atom is 0.251 e. The zero-order valence-electron chi connectivity index (χ0n) is 14.4. The summed E-state index contributed by atoms with van der Waals surface area (Å²) in [6.07, 6.45) is 0.613. The highest BCUT2D eigenvalue weighted by Gasteiger charge is 2.49. The number of anilines is 1. The molecule has 0 radical (unpaired) electrons. The van der Waals surface area contributed by atoms with Gasteiger partial charge in [0.05, 0.1) is 28.1 Å². The SMILES string of the molecule is CC1(C)CS(=O)(=O)N(c2cccc(C(=O)NCCc3cscn3)c2)C1=O. The van der Waals surface area contributed by atoms with Crippen LogP contribution in [-0.4, -0.2) is 37.5 Å². The van der Waals surface area contributed by atoms with Gasteiger partial charge in [-0.05, 0) is 32.0 Å². The van der Waals surface area contributed by atoms with Crippen molar-refractivity contribution in [1.29, 1.82) is 0 Å². The Hall–Kier alpha value is -2.26. The number of hydrogen-bond donors (Lipinski definition) is 1. The van der Waals surface area contributed by atoms with Crippen LogP contribution >= 0.6 is 11.3 Å². The number of nitrogens with one attached hydrogen (secondary N) is 1. The van der Waals surface area contributed by atoms with Gasteiger partial charge in [0.1, 0.15) is 0 Å². The van der Waals surface area contributed by atoms with Crippen LogP contribution in [0.4, 0.5) is 5.69 Å². The number of rotatable bonds is 5. The van der Waals surface area contributed by atoms with Gasteiger partial charge in [-0.15, -0.1) is 11.3 Å². The van der Waals surface area contributed by atoms with E-state index in [9.17, 15) is 18.0 Å². The predicted octanol–water partition coefficient (Wildman–Crippen LogP) is 1.82. The van der Waals surface area contributed by atoms with Crippen molar-refractivity contribution in [3.63, 3.8) is 0 Å². The number of carbonyl (C=O) groups is 2. The summed E-state index contributed by atoms with van der Waals surface area (Å²) < 4.78 is 25.5. The molecule has 7 nitrogen and oxygen atoms in total. The Balaban J connectivity index is 1.76. The van der Waals surface area contributed by atoms with Gasteiger partial charge in [0.25, 0.3) is 5.91 Å². The first kappa shape index (κ1) is 18.5. The van der Waals surface area contributed by atoms with Crippen molar-refractivity contribution in [3.8, 4) is 0 Å². The van der Waals surface area contributed by atoms with Crippen molar-refractivity contribution in [2.24, 2.45) is 5.41 Å². The lowest BCUT2D eigenvalue weighted by Crippen LogP contribution is -2.33. The van der Waals surface area contributed by atoms with Crippen molar-refractivity contribution in [2.75, 3.05) is 16.6 Å². The van der Waals surface area contributed by atoms with E-state index in [2.05, 4.69) is 10.3 Å². The molecule has 2 aromatic rings. The molecule has 1 N–H and O–H groups in total. The number of hydrogen-bond acceptors (Lipinski definition) is 6. The monoisotopic (exact) mass is 393 g/mol. The van der Waals surface area contributed by atoms with Crippen LogP contribution in [0.1, 0.15) is 29.9 Å². The van der Waals surface area contributed by atoms with E-state index in [1.807, 2.05) is 5.38 Å². The minimum atomic E-state index is -3.74. The summed E-state index contributed by atoms with van der Waals surface area (Å²) in [6, 6.07) is 6.09. The molecule has 0 bridgehead atoms. The molecule has 0 aliphatic carbocycles. The molecule has 1 fully saturated rings. The quantitative estimate of drug-likeness (QED) is 0.836. The summed E-state index contributed by atoms with van der Waals surface area (Å²) in [5.41, 5.74) is 2.14. The highest BCUT2D eigenvalue weighted by Crippen LogP contribution is 2.35. The molecule has 1 aliphatic rings. The van der Waals surface area contributed by atoms with Gasteiger partial charge >= 0.3 is 0 Å². The molecule has 2 heterocycles. The standard InChI is InChI=1S/C17H19N3O4S2/c1-17(2)10-26(23,24)20(16(17)22)14-5-3-4-12(8-14)15(21)18-7-6-13-9-25-11-19-13/h3-5,8-9,11H,6-7,10H2,1-2H3,(H,18,21). The minimum Gasteiger partial charge on any atom is -0.352 e. The molecule has 1 aromatic carbocycles. The third kappa shape index (κ3) is 3.63. The van der Waals surface area contributed by atoms with E-state index < -0.39 is 21.3 Å². The molecule has 0 unspecified atom stereocenters. The summed E-state index contributed by atoms with van der Waals surface area (Å²) in [5, 5.41) is 4.69. The Morgan fingerprint density at radius 3 is 2.77 bits per heavy atom. The molecule has 1 aromatic heterocycles. The fourth-order valence-electron chi connectivity index (χ4n) is 2.80. The smallest absolute Gasteiger partial charge is 0.251 e. The highest BCUT2D eigenvalue weighted by molar-refractivity contribution is 7.94. The molecule has 9 heteroatoms. The molecule has 26 heavy (non-hydrogen) atoms. The largest absolute Gasteiger partial charge is 0.352 e. The zero-order chi connectivity index (χ0) is 18.9. The average Bonchev–Trinajstić information content (AvgIpc) is 3.12. The first-order chi connectivity index (χ1) is 12.2. The van der Waals surface area contributed by atoms with Crippen LogP contribution in [0.3, 0.4) is 0 Å². The Bertz CT molecular complexity index is 937. The Labute approximate surface area is 156 Å². The third-order valence-electron chi connectivity index (χ3n) is 4.08. The molecule has 1 aliphatic heterocycles. The minimum absolute atomic E-state index is 0.188. The lowest BCUT2D eigenvalue weighted by molar-refractivity contribution is -0.123. The van der Waals surface area contributed by atoms with Crippen LogP contribution in [0.15, 0.2) is 35.2 Å². The normalized spacial score (nSPS) is 18.1. The number of carbonyl (C=O) groups excluding carboxylic acids is 2. The van der Waals surface area contributed by atoms with Gasteiger partial charge in [-0.25, -0.2) is 17.7 Å². The summed E-state index contributed by atoms with van der Waals surface area (Å²) >= 11 is 1.49. The second-order valence-electron chi connectivity index (χ2n) is 6.75. The van der Waals surface area contributed by atoms with Crippen LogP contribution in [0.2, 0.25) is 0 Å². The molecule has 1 saturated heterocycles. The molecular formula is C17H19N3O4S2. The van der Waals surface area contributed by atoms with Crippen molar-refractivity contribution in [3.05, 3.63) is 46.4 Å². The Morgan fingerprint density at radius 1 is 1.38 bits per heavy atom. The predicted molar refractivity (Wildman–Crippen MR) is 99.6 cm³/mol. The molecule has 3 rings (SSSR count). The van der Waals surface area contributed by atoms with E-state index >= 15 is 0 Å². The molecule has 138 valence electrons. The van der Waals surface area contributed by atoms with Crippen LogP contribution < -0.4 is 9.62 Å². The van der Waals surface area contributed by atoms with Crippen molar-refractivity contribution in [1.82, 2.24) is 10.3 Å². The lowest BCUT2D eigenvalue weighted by Gasteiger charge is -2.18. The summed E-state index contributed by atoms with van der Waals surface area (Å²) in [7, 11) is -3.74. The highest BCUT2D eigenvalue weighted by atomic mass is 32.2. The Morgan fingerprint density at radius 2 is 2.15 bits per heavy atom. The first-order valence-electron chi connectivity index (χ1n) is 8.03.